The van der Waals surface area contributed by atoms with Crippen molar-refractivity contribution in [1.82, 2.24) is 5.32 Å². The maximum absolute atomic E-state index is 11.6. The molecular formula is C12H15NO. The summed E-state index contributed by atoms with van der Waals surface area (Å²) in [5.41, 5.74) is 0.759. The number of rotatable bonds is 3. The van der Waals surface area contributed by atoms with E-state index in [0.29, 0.717) is 12.0 Å². The van der Waals surface area contributed by atoms with Gasteiger partial charge in [-0.1, -0.05) is 31.5 Å². The third-order valence-corrected chi connectivity index (χ3v) is 2.80. The van der Waals surface area contributed by atoms with Crippen molar-refractivity contribution in [2.45, 2.75) is 25.8 Å². The maximum atomic E-state index is 11.6. The fourth-order valence-electron chi connectivity index (χ4n) is 1.72. The molecule has 2 atom stereocenters. The molecule has 0 bridgehead atoms. The lowest BCUT2D eigenvalue weighted by Gasteiger charge is -2.03. The van der Waals surface area contributed by atoms with Crippen LogP contribution in [0.4, 0.5) is 0 Å². The van der Waals surface area contributed by atoms with E-state index in [0.717, 1.165) is 12.0 Å². The molecule has 2 heteroatoms. The van der Waals surface area contributed by atoms with Crippen LogP contribution in [0.3, 0.4) is 0 Å². The first kappa shape index (κ1) is 9.25. The molecule has 14 heavy (non-hydrogen) atoms. The zero-order valence-electron chi connectivity index (χ0n) is 8.36. The Morgan fingerprint density at radius 1 is 1.43 bits per heavy atom. The Morgan fingerprint density at radius 2 is 2.14 bits per heavy atom. The fraction of sp³-hybridized carbons (Fsp3) is 0.417. The Balaban J connectivity index is 1.91. The van der Waals surface area contributed by atoms with E-state index in [2.05, 4.69) is 12.2 Å². The quantitative estimate of drug-likeness (QED) is 0.776. The molecule has 0 radical (unpaired) electrons. The van der Waals surface area contributed by atoms with Gasteiger partial charge in [-0.2, -0.15) is 0 Å². The lowest BCUT2D eigenvalue weighted by molar-refractivity contribution is 0.0949. The van der Waals surface area contributed by atoms with Crippen LogP contribution < -0.4 is 5.32 Å². The number of hydrogen-bond acceptors (Lipinski definition) is 1. The van der Waals surface area contributed by atoms with Crippen molar-refractivity contribution < 1.29 is 4.79 Å². The van der Waals surface area contributed by atoms with E-state index >= 15 is 0 Å². The summed E-state index contributed by atoms with van der Waals surface area (Å²) in [5, 5.41) is 3.03. The Labute approximate surface area is 84.3 Å². The van der Waals surface area contributed by atoms with Crippen molar-refractivity contribution in [3.63, 3.8) is 0 Å². The van der Waals surface area contributed by atoms with E-state index < -0.39 is 0 Å². The van der Waals surface area contributed by atoms with Gasteiger partial charge in [0.2, 0.25) is 0 Å². The third-order valence-electron chi connectivity index (χ3n) is 2.80. The number of carbonyl (C=O) groups excluding carboxylic acids is 1. The number of nitrogens with one attached hydrogen (secondary N) is 1. The Bertz CT molecular complexity index is 320. The summed E-state index contributed by atoms with van der Waals surface area (Å²) in [6, 6.07) is 9.81. The van der Waals surface area contributed by atoms with Gasteiger partial charge in [-0.25, -0.2) is 0 Å². The van der Waals surface area contributed by atoms with Crippen LogP contribution >= 0.6 is 0 Å². The molecule has 74 valence electrons. The third kappa shape index (κ3) is 1.95. The van der Waals surface area contributed by atoms with Crippen molar-refractivity contribution in [2.75, 3.05) is 0 Å². The standard InChI is InChI=1S/C12H15NO/c1-2-9-8-11(9)13-12(14)10-6-4-3-5-7-10/h3-7,9,11H,2,8H2,1H3,(H,13,14). The van der Waals surface area contributed by atoms with Crippen molar-refractivity contribution in [2.24, 2.45) is 5.92 Å². The fourth-order valence-corrected chi connectivity index (χ4v) is 1.72. The van der Waals surface area contributed by atoms with E-state index in [1.165, 1.54) is 6.42 Å². The molecule has 1 aliphatic rings. The highest BCUT2D eigenvalue weighted by atomic mass is 16.1. The lowest BCUT2D eigenvalue weighted by atomic mass is 10.2. The summed E-state index contributed by atoms with van der Waals surface area (Å²) in [6.07, 6.45) is 2.31. The van der Waals surface area contributed by atoms with E-state index in [9.17, 15) is 4.79 Å². The molecule has 1 aromatic rings. The van der Waals surface area contributed by atoms with Gasteiger partial charge in [0, 0.05) is 11.6 Å². The second kappa shape index (κ2) is 3.82. The minimum atomic E-state index is 0.0616. The number of benzene rings is 1. The molecule has 1 saturated carbocycles. The van der Waals surface area contributed by atoms with Gasteiger partial charge in [-0.15, -0.1) is 0 Å². The summed E-state index contributed by atoms with van der Waals surface area (Å²) in [5.74, 6) is 0.772. The highest BCUT2D eigenvalue weighted by molar-refractivity contribution is 5.94. The van der Waals surface area contributed by atoms with Crippen LogP contribution in [-0.4, -0.2) is 11.9 Å². The average Bonchev–Trinajstić information content (AvgIpc) is 2.98. The highest BCUT2D eigenvalue weighted by Crippen LogP contribution is 2.33. The molecule has 2 unspecified atom stereocenters. The van der Waals surface area contributed by atoms with Gasteiger partial charge in [0.05, 0.1) is 0 Å². The molecule has 0 aliphatic heterocycles. The highest BCUT2D eigenvalue weighted by Gasteiger charge is 2.36. The van der Waals surface area contributed by atoms with Gasteiger partial charge in [0.1, 0.15) is 0 Å². The van der Waals surface area contributed by atoms with Crippen LogP contribution in [-0.2, 0) is 0 Å². The Kier molecular flexibility index (Phi) is 2.53. The van der Waals surface area contributed by atoms with E-state index in [1.54, 1.807) is 0 Å². The topological polar surface area (TPSA) is 29.1 Å². The summed E-state index contributed by atoms with van der Waals surface area (Å²) in [4.78, 5) is 11.6. The minimum Gasteiger partial charge on any atom is -0.349 e. The Hall–Kier alpha value is -1.31. The lowest BCUT2D eigenvalue weighted by Crippen LogP contribution is -2.26. The minimum absolute atomic E-state index is 0.0616. The first-order chi connectivity index (χ1) is 6.81. The molecule has 1 aliphatic carbocycles. The zero-order chi connectivity index (χ0) is 9.97. The first-order valence-corrected chi connectivity index (χ1v) is 5.17. The van der Waals surface area contributed by atoms with Gasteiger partial charge in [0.15, 0.2) is 0 Å². The predicted octanol–water partition coefficient (Wildman–Crippen LogP) is 2.21. The molecule has 2 nitrogen and oxygen atoms in total. The smallest absolute Gasteiger partial charge is 0.251 e. The average molecular weight is 189 g/mol. The second-order valence-corrected chi connectivity index (χ2v) is 3.85. The van der Waals surface area contributed by atoms with Crippen molar-refractivity contribution in [1.29, 1.82) is 0 Å². The van der Waals surface area contributed by atoms with Crippen molar-refractivity contribution in [3.05, 3.63) is 35.9 Å². The molecular weight excluding hydrogens is 174 g/mol. The molecule has 2 rings (SSSR count). The van der Waals surface area contributed by atoms with E-state index in [4.69, 9.17) is 0 Å². The second-order valence-electron chi connectivity index (χ2n) is 3.85. The zero-order valence-corrected chi connectivity index (χ0v) is 8.36. The molecule has 1 amide bonds. The van der Waals surface area contributed by atoms with Crippen LogP contribution in [0.1, 0.15) is 30.1 Å². The van der Waals surface area contributed by atoms with E-state index in [-0.39, 0.29) is 5.91 Å². The molecule has 0 saturated heterocycles. The summed E-state index contributed by atoms with van der Waals surface area (Å²) < 4.78 is 0. The molecule has 0 heterocycles. The maximum Gasteiger partial charge on any atom is 0.251 e. The Morgan fingerprint density at radius 3 is 2.71 bits per heavy atom. The normalized spacial score (nSPS) is 24.4. The summed E-state index contributed by atoms with van der Waals surface area (Å²) in [6.45, 7) is 2.17. The summed E-state index contributed by atoms with van der Waals surface area (Å²) >= 11 is 0. The largest absolute Gasteiger partial charge is 0.349 e. The number of carbonyl (C=O) groups is 1. The molecule has 1 fully saturated rings. The van der Waals surface area contributed by atoms with Gasteiger partial charge in [-0.05, 0) is 24.5 Å². The van der Waals surface area contributed by atoms with Gasteiger partial charge >= 0.3 is 0 Å². The van der Waals surface area contributed by atoms with Crippen molar-refractivity contribution in [3.8, 4) is 0 Å². The van der Waals surface area contributed by atoms with Crippen LogP contribution in [0.25, 0.3) is 0 Å². The van der Waals surface area contributed by atoms with Crippen LogP contribution in [0.15, 0.2) is 30.3 Å². The molecule has 0 aromatic heterocycles. The first-order valence-electron chi connectivity index (χ1n) is 5.17. The number of hydrogen-bond donors (Lipinski definition) is 1. The predicted molar refractivity (Wildman–Crippen MR) is 56.1 cm³/mol. The monoisotopic (exact) mass is 189 g/mol. The van der Waals surface area contributed by atoms with Crippen LogP contribution in [0.2, 0.25) is 0 Å². The molecule has 1 N–H and O–H groups in total. The van der Waals surface area contributed by atoms with E-state index in [1.807, 2.05) is 30.3 Å². The molecule has 1 aromatic carbocycles. The van der Waals surface area contributed by atoms with Crippen molar-refractivity contribution >= 4 is 5.91 Å². The van der Waals surface area contributed by atoms with Gasteiger partial charge < -0.3 is 5.32 Å². The van der Waals surface area contributed by atoms with Crippen LogP contribution in [0, 0.1) is 5.92 Å². The molecule has 0 spiro atoms. The van der Waals surface area contributed by atoms with Gasteiger partial charge in [0.25, 0.3) is 5.91 Å². The number of amides is 1. The van der Waals surface area contributed by atoms with Gasteiger partial charge in [-0.3, -0.25) is 4.79 Å². The van der Waals surface area contributed by atoms with Crippen LogP contribution in [0.5, 0.6) is 0 Å². The summed E-state index contributed by atoms with van der Waals surface area (Å²) in [7, 11) is 0. The SMILES string of the molecule is CCC1CC1NC(=O)c1ccccc1.